The minimum atomic E-state index is -1.01. The number of amides is 3. The molecule has 250 valence electrons. The first kappa shape index (κ1) is 34.5. The van der Waals surface area contributed by atoms with Crippen molar-refractivity contribution in [1.29, 1.82) is 5.26 Å². The molecular formula is C37H41ClN6O4. The molecule has 5 rings (SSSR count). The number of imidazole rings is 1. The molecule has 2 heterocycles. The van der Waals surface area contributed by atoms with Gasteiger partial charge in [0.05, 0.1) is 23.1 Å². The molecule has 0 radical (unpaired) electrons. The van der Waals surface area contributed by atoms with Gasteiger partial charge in [-0.05, 0) is 79.1 Å². The van der Waals surface area contributed by atoms with E-state index in [1.54, 1.807) is 29.2 Å². The number of likely N-dealkylation sites (tertiary alicyclic amines) is 1. The summed E-state index contributed by atoms with van der Waals surface area (Å²) in [6.45, 7) is 8.94. The van der Waals surface area contributed by atoms with Gasteiger partial charge in [0.15, 0.2) is 0 Å². The molecule has 0 aliphatic carbocycles. The molecule has 0 saturated carbocycles. The van der Waals surface area contributed by atoms with Gasteiger partial charge < -0.3 is 14.6 Å². The third-order valence-corrected chi connectivity index (χ3v) is 9.56. The van der Waals surface area contributed by atoms with Crippen LogP contribution < -0.4 is 5.32 Å². The highest BCUT2D eigenvalue weighted by Gasteiger charge is 2.36. The van der Waals surface area contributed by atoms with Crippen molar-refractivity contribution < 1.29 is 19.5 Å². The van der Waals surface area contributed by atoms with Crippen molar-refractivity contribution in [3.05, 3.63) is 94.5 Å². The molecular weight excluding hydrogens is 628 g/mol. The van der Waals surface area contributed by atoms with E-state index in [1.807, 2.05) is 86.9 Å². The Morgan fingerprint density at radius 3 is 2.46 bits per heavy atom. The second kappa shape index (κ2) is 14.5. The molecule has 1 aliphatic rings. The van der Waals surface area contributed by atoms with Gasteiger partial charge in [-0.2, -0.15) is 5.26 Å². The zero-order chi connectivity index (χ0) is 34.6. The van der Waals surface area contributed by atoms with Crippen LogP contribution in [-0.4, -0.2) is 61.0 Å². The third kappa shape index (κ3) is 7.63. The predicted molar refractivity (Wildman–Crippen MR) is 186 cm³/mol. The normalized spacial score (nSPS) is 15.9. The molecule has 2 N–H and O–H groups in total. The van der Waals surface area contributed by atoms with Crippen LogP contribution in [0.3, 0.4) is 0 Å². The SMILES string of the molecule is C[C@H](N(C(=O)O)C(Cc1ccccc1)c1ccc2c(c1)nc(NC(=O)c1ccc(Cl)cc1)n2CC1CCCN1C(=O)CC#N)C(C)(C)C. The monoisotopic (exact) mass is 668 g/mol. The fraction of sp³-hybridized carbons (Fsp3) is 0.378. The van der Waals surface area contributed by atoms with Crippen molar-refractivity contribution in [2.24, 2.45) is 5.41 Å². The Hall–Kier alpha value is -4.88. The van der Waals surface area contributed by atoms with Gasteiger partial charge in [-0.25, -0.2) is 9.78 Å². The molecule has 48 heavy (non-hydrogen) atoms. The number of benzene rings is 3. The molecule has 1 saturated heterocycles. The Balaban J connectivity index is 1.60. The Morgan fingerprint density at radius 2 is 1.81 bits per heavy atom. The van der Waals surface area contributed by atoms with Crippen molar-refractivity contribution in [3.63, 3.8) is 0 Å². The molecule has 2 unspecified atom stereocenters. The van der Waals surface area contributed by atoms with E-state index >= 15 is 0 Å². The number of hydrogen-bond acceptors (Lipinski definition) is 5. The molecule has 0 spiro atoms. The average Bonchev–Trinajstić information content (AvgIpc) is 3.65. The van der Waals surface area contributed by atoms with E-state index in [9.17, 15) is 19.5 Å². The highest BCUT2D eigenvalue weighted by atomic mass is 35.5. The molecule has 3 amide bonds. The number of nitrogens with zero attached hydrogens (tertiary/aromatic N) is 5. The lowest BCUT2D eigenvalue weighted by Gasteiger charge is -2.41. The molecule has 10 nitrogen and oxygen atoms in total. The van der Waals surface area contributed by atoms with E-state index in [2.05, 4.69) is 5.32 Å². The summed E-state index contributed by atoms with van der Waals surface area (Å²) in [5, 5.41) is 23.2. The van der Waals surface area contributed by atoms with E-state index in [1.165, 1.54) is 4.90 Å². The van der Waals surface area contributed by atoms with Crippen LogP contribution >= 0.6 is 11.6 Å². The smallest absolute Gasteiger partial charge is 0.408 e. The van der Waals surface area contributed by atoms with Crippen LogP contribution in [0.1, 0.15) is 74.5 Å². The summed E-state index contributed by atoms with van der Waals surface area (Å²) < 4.78 is 1.90. The summed E-state index contributed by atoms with van der Waals surface area (Å²) in [5.41, 5.74) is 3.17. The Labute approximate surface area is 285 Å². The Morgan fingerprint density at radius 1 is 1.10 bits per heavy atom. The fourth-order valence-electron chi connectivity index (χ4n) is 6.34. The fourth-order valence-corrected chi connectivity index (χ4v) is 6.47. The molecule has 1 aliphatic heterocycles. The van der Waals surface area contributed by atoms with E-state index < -0.39 is 12.1 Å². The van der Waals surface area contributed by atoms with Gasteiger partial charge in [0.25, 0.3) is 5.91 Å². The Kier molecular flexibility index (Phi) is 10.4. The Bertz CT molecular complexity index is 1830. The average molecular weight is 669 g/mol. The first-order chi connectivity index (χ1) is 22.9. The number of halogens is 1. The number of rotatable bonds is 10. The second-order valence-electron chi connectivity index (χ2n) is 13.4. The number of aromatic nitrogens is 2. The first-order valence-corrected chi connectivity index (χ1v) is 16.5. The van der Waals surface area contributed by atoms with Crippen LogP contribution in [0.4, 0.5) is 10.7 Å². The summed E-state index contributed by atoms with van der Waals surface area (Å²) in [4.78, 5) is 47.2. The minimum Gasteiger partial charge on any atom is -0.465 e. The maximum Gasteiger partial charge on any atom is 0.408 e. The first-order valence-electron chi connectivity index (χ1n) is 16.2. The second-order valence-corrected chi connectivity index (χ2v) is 13.8. The van der Waals surface area contributed by atoms with Gasteiger partial charge in [0.2, 0.25) is 11.9 Å². The zero-order valence-corrected chi connectivity index (χ0v) is 28.4. The topological polar surface area (TPSA) is 132 Å². The van der Waals surface area contributed by atoms with Crippen LogP contribution in [-0.2, 0) is 17.8 Å². The summed E-state index contributed by atoms with van der Waals surface area (Å²) in [6, 6.07) is 23.0. The van der Waals surface area contributed by atoms with E-state index in [4.69, 9.17) is 21.8 Å². The highest BCUT2D eigenvalue weighted by molar-refractivity contribution is 6.30. The van der Waals surface area contributed by atoms with Gasteiger partial charge in [-0.3, -0.25) is 19.8 Å². The van der Waals surface area contributed by atoms with E-state index in [0.29, 0.717) is 41.6 Å². The maximum atomic E-state index is 13.4. The quantitative estimate of drug-likeness (QED) is 0.179. The molecule has 4 aromatic rings. The minimum absolute atomic E-state index is 0.185. The van der Waals surface area contributed by atoms with Crippen LogP contribution in [0.15, 0.2) is 72.8 Å². The lowest BCUT2D eigenvalue weighted by atomic mass is 9.84. The van der Waals surface area contributed by atoms with Gasteiger partial charge in [-0.1, -0.05) is 68.8 Å². The number of hydrogen-bond donors (Lipinski definition) is 2. The predicted octanol–water partition coefficient (Wildman–Crippen LogP) is 7.55. The van der Waals surface area contributed by atoms with Crippen molar-refractivity contribution in [2.45, 2.75) is 78.0 Å². The largest absolute Gasteiger partial charge is 0.465 e. The lowest BCUT2D eigenvalue weighted by Crippen LogP contribution is -2.47. The number of carboxylic acid groups (broad SMARTS) is 1. The van der Waals surface area contributed by atoms with Gasteiger partial charge in [0.1, 0.15) is 6.42 Å². The summed E-state index contributed by atoms with van der Waals surface area (Å²) in [5.74, 6) is -0.284. The van der Waals surface area contributed by atoms with Crippen LogP contribution in [0.5, 0.6) is 0 Å². The number of carbonyl (C=O) groups is 3. The molecule has 11 heteroatoms. The van der Waals surface area contributed by atoms with Crippen molar-refractivity contribution >= 4 is 46.5 Å². The number of nitrogens with one attached hydrogen (secondary N) is 1. The van der Waals surface area contributed by atoms with Crippen LogP contribution in [0, 0.1) is 16.7 Å². The molecule has 1 aromatic heterocycles. The third-order valence-electron chi connectivity index (χ3n) is 9.31. The molecule has 0 bridgehead atoms. The lowest BCUT2D eigenvalue weighted by molar-refractivity contribution is -0.131. The number of nitriles is 1. The molecule has 3 aromatic carbocycles. The molecule has 3 atom stereocenters. The van der Waals surface area contributed by atoms with Crippen molar-refractivity contribution in [1.82, 2.24) is 19.4 Å². The summed E-state index contributed by atoms with van der Waals surface area (Å²) in [7, 11) is 0. The van der Waals surface area contributed by atoms with Gasteiger partial charge in [0, 0.05) is 35.8 Å². The highest BCUT2D eigenvalue weighted by Crippen LogP contribution is 2.36. The number of carbonyl (C=O) groups excluding carboxylic acids is 2. The zero-order valence-electron chi connectivity index (χ0n) is 27.7. The summed E-state index contributed by atoms with van der Waals surface area (Å²) >= 11 is 6.05. The van der Waals surface area contributed by atoms with Crippen LogP contribution in [0.2, 0.25) is 5.02 Å². The van der Waals surface area contributed by atoms with Crippen molar-refractivity contribution in [2.75, 3.05) is 11.9 Å². The standard InChI is InChI=1S/C37H41ClN6O4/c1-24(37(2,3)4)44(36(47)48)32(21-25-9-6-5-7-10-25)27-14-17-31-30(22-27)40-35(41-34(46)26-12-15-28(38)16-13-26)43(31)23-29-11-8-20-42(29)33(45)18-19-39/h5-7,9-10,12-17,22,24,29,32H,8,11,18,20-21,23H2,1-4H3,(H,47,48)(H,40,41,46)/t24-,29?,32?/m0/s1. The number of anilines is 1. The van der Waals surface area contributed by atoms with Crippen molar-refractivity contribution in [3.8, 4) is 6.07 Å². The van der Waals surface area contributed by atoms with E-state index in [0.717, 1.165) is 29.5 Å². The van der Waals surface area contributed by atoms with E-state index in [-0.39, 0.29) is 35.7 Å². The maximum absolute atomic E-state index is 13.4. The van der Waals surface area contributed by atoms with Gasteiger partial charge >= 0.3 is 6.09 Å². The number of fused-ring (bicyclic) bond motifs is 1. The molecule has 1 fully saturated rings. The summed E-state index contributed by atoms with van der Waals surface area (Å²) in [6.07, 6.45) is 0.807. The van der Waals surface area contributed by atoms with Gasteiger partial charge in [-0.15, -0.1) is 0 Å². The van der Waals surface area contributed by atoms with Crippen LogP contribution in [0.25, 0.3) is 11.0 Å².